The molecule has 0 aromatic heterocycles. The first kappa shape index (κ1) is 25.2. The summed E-state index contributed by atoms with van der Waals surface area (Å²) in [5, 5.41) is 27.1. The first-order valence-corrected chi connectivity index (χ1v) is 10.2. The highest BCUT2D eigenvalue weighted by molar-refractivity contribution is 5.84. The number of nitriles is 3. The predicted octanol–water partition coefficient (Wildman–Crippen LogP) is 6.47. The average molecular weight is 379 g/mol. The van der Waals surface area contributed by atoms with E-state index in [1.54, 1.807) is 12.1 Å². The summed E-state index contributed by atoms with van der Waals surface area (Å²) in [6.45, 7) is 12.8. The van der Waals surface area contributed by atoms with Crippen LogP contribution < -0.4 is 4.90 Å². The van der Waals surface area contributed by atoms with Gasteiger partial charge in [-0.2, -0.15) is 15.8 Å². The Morgan fingerprint density at radius 3 is 1.82 bits per heavy atom. The van der Waals surface area contributed by atoms with Gasteiger partial charge in [-0.25, -0.2) is 0 Å². The smallest absolute Gasteiger partial charge is 0.148 e. The number of rotatable bonds is 9. The van der Waals surface area contributed by atoms with E-state index in [0.717, 1.165) is 24.7 Å². The summed E-state index contributed by atoms with van der Waals surface area (Å²) in [5.74, 6) is 0.833. The number of nitrogens with zero attached hydrogens (tertiary/aromatic N) is 4. The molecule has 0 heterocycles. The van der Waals surface area contributed by atoms with Crippen molar-refractivity contribution < 1.29 is 0 Å². The molecule has 0 saturated heterocycles. The summed E-state index contributed by atoms with van der Waals surface area (Å²) < 4.78 is 0. The molecule has 0 radical (unpaired) electrons. The first-order chi connectivity index (χ1) is 13.4. The summed E-state index contributed by atoms with van der Waals surface area (Å²) in [6, 6.07) is 13.0. The molecule has 0 aliphatic heterocycles. The minimum absolute atomic E-state index is 0.133. The number of hydrogen-bond donors (Lipinski definition) is 0. The van der Waals surface area contributed by atoms with Crippen LogP contribution in [0.1, 0.15) is 72.3 Å². The second-order valence-corrected chi connectivity index (χ2v) is 7.36. The quantitative estimate of drug-likeness (QED) is 0.364. The van der Waals surface area contributed by atoms with Crippen molar-refractivity contribution in [2.75, 3.05) is 18.0 Å². The fourth-order valence-corrected chi connectivity index (χ4v) is 2.62. The van der Waals surface area contributed by atoms with Crippen molar-refractivity contribution >= 4 is 11.3 Å². The van der Waals surface area contributed by atoms with E-state index in [-0.39, 0.29) is 11.1 Å². The summed E-state index contributed by atoms with van der Waals surface area (Å²) >= 11 is 0. The van der Waals surface area contributed by atoms with Crippen LogP contribution in [0.3, 0.4) is 0 Å². The van der Waals surface area contributed by atoms with E-state index in [1.807, 2.05) is 30.3 Å². The molecule has 4 nitrogen and oxygen atoms in total. The van der Waals surface area contributed by atoms with Crippen molar-refractivity contribution in [1.29, 1.82) is 15.8 Å². The van der Waals surface area contributed by atoms with E-state index in [1.165, 1.54) is 32.1 Å². The average Bonchev–Trinajstić information content (AvgIpc) is 2.69. The molecule has 0 spiro atoms. The van der Waals surface area contributed by atoms with Crippen molar-refractivity contribution in [3.05, 3.63) is 35.4 Å². The molecule has 0 aliphatic carbocycles. The van der Waals surface area contributed by atoms with Gasteiger partial charge in [-0.05, 0) is 37.0 Å². The molecule has 0 unspecified atom stereocenters. The number of allylic oxidation sites excluding steroid dienone is 2. The maximum atomic E-state index is 9.20. The Labute approximate surface area is 171 Å². The van der Waals surface area contributed by atoms with Crippen molar-refractivity contribution in [1.82, 2.24) is 0 Å². The van der Waals surface area contributed by atoms with Gasteiger partial charge in [-0.15, -0.1) is 0 Å². The normalized spacial score (nSPS) is 9.39. The Kier molecular flexibility index (Phi) is 13.8. The highest BCUT2D eigenvalue weighted by atomic mass is 15.1. The topological polar surface area (TPSA) is 74.6 Å². The minimum Gasteiger partial charge on any atom is -0.372 e. The zero-order chi connectivity index (χ0) is 21.4. The molecule has 28 heavy (non-hydrogen) atoms. The van der Waals surface area contributed by atoms with E-state index in [0.29, 0.717) is 5.56 Å². The van der Waals surface area contributed by atoms with Crippen molar-refractivity contribution in [3.63, 3.8) is 0 Å². The van der Waals surface area contributed by atoms with Gasteiger partial charge < -0.3 is 4.90 Å². The summed E-state index contributed by atoms with van der Waals surface area (Å²) in [7, 11) is 0. The van der Waals surface area contributed by atoms with E-state index in [2.05, 4.69) is 39.5 Å². The van der Waals surface area contributed by atoms with Crippen molar-refractivity contribution in [2.24, 2.45) is 5.92 Å². The number of benzene rings is 1. The molecule has 0 amide bonds. The molecule has 0 fully saturated rings. The molecule has 1 aromatic rings. The molecule has 0 aliphatic rings. The SMILES string of the molecule is CC(C)C.CCCCCCCN(CC)c1ccc(C(C#N)=C(C#N)C#N)cc1. The molecule has 0 saturated carbocycles. The Morgan fingerprint density at radius 2 is 1.39 bits per heavy atom. The van der Waals surface area contributed by atoms with Crippen LogP contribution in [0.15, 0.2) is 29.8 Å². The summed E-state index contributed by atoms with van der Waals surface area (Å²) in [4.78, 5) is 2.31. The molecule has 0 atom stereocenters. The molecule has 1 rings (SSSR count). The molecular weight excluding hydrogens is 344 g/mol. The third-order valence-corrected chi connectivity index (χ3v) is 4.02. The van der Waals surface area contributed by atoms with Crippen LogP contribution in [0.4, 0.5) is 5.69 Å². The lowest BCUT2D eigenvalue weighted by atomic mass is 10.0. The maximum Gasteiger partial charge on any atom is 0.148 e. The van der Waals surface area contributed by atoms with Crippen LogP contribution in [-0.4, -0.2) is 13.1 Å². The van der Waals surface area contributed by atoms with Gasteiger partial charge in [-0.1, -0.05) is 65.5 Å². The molecule has 0 N–H and O–H groups in total. The zero-order valence-electron chi connectivity index (χ0n) is 18.1. The Bertz CT molecular complexity index is 690. The van der Waals surface area contributed by atoms with Crippen LogP contribution in [0.2, 0.25) is 0 Å². The van der Waals surface area contributed by atoms with Crippen LogP contribution in [0.25, 0.3) is 5.57 Å². The fourth-order valence-electron chi connectivity index (χ4n) is 2.62. The van der Waals surface area contributed by atoms with Gasteiger partial charge in [0.15, 0.2) is 0 Å². The third-order valence-electron chi connectivity index (χ3n) is 4.02. The van der Waals surface area contributed by atoms with Gasteiger partial charge in [0.2, 0.25) is 0 Å². The lowest BCUT2D eigenvalue weighted by molar-refractivity contribution is 0.621. The van der Waals surface area contributed by atoms with E-state index in [9.17, 15) is 5.26 Å². The molecular formula is C24H34N4. The first-order valence-electron chi connectivity index (χ1n) is 10.2. The Hall–Kier alpha value is -2.77. The molecule has 4 heteroatoms. The van der Waals surface area contributed by atoms with Crippen LogP contribution in [-0.2, 0) is 0 Å². The van der Waals surface area contributed by atoms with Crippen molar-refractivity contribution in [2.45, 2.75) is 66.7 Å². The summed E-state index contributed by atoms with van der Waals surface area (Å²) in [5.41, 5.74) is 1.70. The van der Waals surface area contributed by atoms with E-state index < -0.39 is 0 Å². The Morgan fingerprint density at radius 1 is 0.857 bits per heavy atom. The van der Waals surface area contributed by atoms with E-state index in [4.69, 9.17) is 10.5 Å². The highest BCUT2D eigenvalue weighted by Crippen LogP contribution is 2.22. The number of anilines is 1. The molecule has 1 aromatic carbocycles. The zero-order valence-corrected chi connectivity index (χ0v) is 18.1. The summed E-state index contributed by atoms with van der Waals surface area (Å²) in [6.07, 6.45) is 6.25. The second-order valence-electron chi connectivity index (χ2n) is 7.36. The highest BCUT2D eigenvalue weighted by Gasteiger charge is 2.10. The van der Waals surface area contributed by atoms with Gasteiger partial charge in [0.1, 0.15) is 23.8 Å². The third kappa shape index (κ3) is 9.80. The minimum atomic E-state index is -0.145. The fraction of sp³-hybridized carbons (Fsp3) is 0.542. The second kappa shape index (κ2) is 15.3. The largest absolute Gasteiger partial charge is 0.372 e. The standard InChI is InChI=1S/C20H24N4.C4H10/c1-3-5-6-7-8-13-24(4-2)19-11-9-17(10-12-19)20(16-23)18(14-21)15-22;1-4(2)3/h9-12H,3-8,13H2,1-2H3;4H,1-3H3. The Balaban J connectivity index is 0.00000165. The van der Waals surface area contributed by atoms with Gasteiger partial charge >= 0.3 is 0 Å². The van der Waals surface area contributed by atoms with Gasteiger partial charge in [0.05, 0.1) is 5.57 Å². The molecule has 0 bridgehead atoms. The van der Waals surface area contributed by atoms with Gasteiger partial charge in [0, 0.05) is 18.8 Å². The van der Waals surface area contributed by atoms with Gasteiger partial charge in [0.25, 0.3) is 0 Å². The monoisotopic (exact) mass is 378 g/mol. The van der Waals surface area contributed by atoms with Crippen LogP contribution in [0.5, 0.6) is 0 Å². The molecule has 150 valence electrons. The number of unbranched alkanes of at least 4 members (excludes halogenated alkanes) is 4. The lowest BCUT2D eigenvalue weighted by Gasteiger charge is -2.23. The van der Waals surface area contributed by atoms with Crippen molar-refractivity contribution in [3.8, 4) is 18.2 Å². The van der Waals surface area contributed by atoms with Gasteiger partial charge in [-0.3, -0.25) is 0 Å². The van der Waals surface area contributed by atoms with Crippen LogP contribution in [0, 0.1) is 39.9 Å². The lowest BCUT2D eigenvalue weighted by Crippen LogP contribution is -2.23. The maximum absolute atomic E-state index is 9.20. The van der Waals surface area contributed by atoms with E-state index >= 15 is 0 Å². The van der Waals surface area contributed by atoms with Crippen LogP contribution >= 0.6 is 0 Å². The predicted molar refractivity (Wildman–Crippen MR) is 117 cm³/mol. The number of hydrogen-bond acceptors (Lipinski definition) is 4.